The molecule has 2 rings (SSSR count). The van der Waals surface area contributed by atoms with Crippen molar-refractivity contribution < 1.29 is 8.78 Å². The first-order chi connectivity index (χ1) is 7.98. The van der Waals surface area contributed by atoms with Crippen LogP contribution in [-0.2, 0) is 6.42 Å². The largest absolute Gasteiger partial charge is 0.328 e. The van der Waals surface area contributed by atoms with Crippen molar-refractivity contribution in [1.29, 1.82) is 0 Å². The van der Waals surface area contributed by atoms with Gasteiger partial charge < -0.3 is 5.73 Å². The van der Waals surface area contributed by atoms with Crippen LogP contribution in [-0.4, -0.2) is 11.7 Å². The van der Waals surface area contributed by atoms with Crippen LogP contribution in [0.3, 0.4) is 0 Å². The second-order valence-electron chi connectivity index (χ2n) is 4.92. The molecule has 0 aliphatic heterocycles. The molecule has 4 heteroatoms. The molecule has 1 saturated carbocycles. The minimum Gasteiger partial charge on any atom is -0.328 e. The Hall–Kier alpha value is -0.670. The lowest BCUT2D eigenvalue weighted by atomic mass is 9.80. The third-order valence-corrected chi connectivity index (χ3v) is 3.59. The van der Waals surface area contributed by atoms with Gasteiger partial charge in [0.2, 0.25) is 0 Å². The van der Waals surface area contributed by atoms with Gasteiger partial charge in [-0.05, 0) is 43.4 Å². The van der Waals surface area contributed by atoms with Crippen LogP contribution in [0.2, 0.25) is 5.02 Å². The van der Waals surface area contributed by atoms with Gasteiger partial charge in [-0.25, -0.2) is 8.78 Å². The highest BCUT2D eigenvalue weighted by Gasteiger charge is 2.35. The van der Waals surface area contributed by atoms with E-state index < -0.39 is 11.5 Å². The third kappa shape index (κ3) is 3.17. The molecule has 0 spiro atoms. The van der Waals surface area contributed by atoms with Crippen molar-refractivity contribution in [3.05, 3.63) is 34.6 Å². The van der Waals surface area contributed by atoms with Gasteiger partial charge in [-0.1, -0.05) is 17.7 Å². The molecule has 0 radical (unpaired) electrons. The first kappa shape index (κ1) is 12.8. The lowest BCUT2D eigenvalue weighted by Gasteiger charge is -2.33. The molecule has 17 heavy (non-hydrogen) atoms. The molecule has 94 valence electrons. The quantitative estimate of drug-likeness (QED) is 0.862. The Morgan fingerprint density at radius 3 is 2.88 bits per heavy atom. The molecule has 1 aliphatic carbocycles. The second kappa shape index (κ2) is 4.91. The van der Waals surface area contributed by atoms with Crippen LogP contribution >= 0.6 is 11.6 Å². The Kier molecular flexibility index (Phi) is 3.69. The number of rotatable bonds is 2. The summed E-state index contributed by atoms with van der Waals surface area (Å²) < 4.78 is 28.1. The van der Waals surface area contributed by atoms with E-state index in [1.54, 1.807) is 12.1 Å². The summed E-state index contributed by atoms with van der Waals surface area (Å²) in [6, 6.07) is 4.26. The van der Waals surface area contributed by atoms with E-state index in [1.165, 1.54) is 6.07 Å². The molecule has 0 heterocycles. The van der Waals surface area contributed by atoms with E-state index in [9.17, 15) is 8.78 Å². The van der Waals surface area contributed by atoms with Gasteiger partial charge in [0.15, 0.2) is 0 Å². The van der Waals surface area contributed by atoms with E-state index in [1.807, 2.05) is 0 Å². The normalized spacial score (nSPS) is 29.3. The zero-order chi connectivity index (χ0) is 12.5. The predicted octanol–water partition coefficient (Wildman–Crippen LogP) is 3.63. The number of hydrogen-bond donors (Lipinski definition) is 1. The fourth-order valence-corrected chi connectivity index (χ4v) is 2.68. The van der Waals surface area contributed by atoms with Gasteiger partial charge in [-0.3, -0.25) is 0 Å². The van der Waals surface area contributed by atoms with Crippen molar-refractivity contribution in [2.24, 2.45) is 5.73 Å². The van der Waals surface area contributed by atoms with Crippen LogP contribution in [0.5, 0.6) is 0 Å². The van der Waals surface area contributed by atoms with Gasteiger partial charge in [0.05, 0.1) is 0 Å². The summed E-state index contributed by atoms with van der Waals surface area (Å²) >= 11 is 5.66. The summed E-state index contributed by atoms with van der Waals surface area (Å²) in [4.78, 5) is 0. The van der Waals surface area contributed by atoms with E-state index in [-0.39, 0.29) is 12.5 Å². The molecule has 1 aromatic carbocycles. The molecule has 2 unspecified atom stereocenters. The molecule has 0 amide bonds. The van der Waals surface area contributed by atoms with E-state index in [2.05, 4.69) is 0 Å². The highest BCUT2D eigenvalue weighted by atomic mass is 35.5. The van der Waals surface area contributed by atoms with Crippen LogP contribution in [0.1, 0.15) is 31.2 Å². The molecule has 2 atom stereocenters. The number of hydrogen-bond acceptors (Lipinski definition) is 1. The summed E-state index contributed by atoms with van der Waals surface area (Å²) in [6.45, 7) is 0. The fourth-order valence-electron chi connectivity index (χ4n) is 2.52. The lowest BCUT2D eigenvalue weighted by molar-refractivity contribution is 0.0955. The molecule has 1 fully saturated rings. The van der Waals surface area contributed by atoms with Crippen molar-refractivity contribution in [2.45, 2.75) is 43.8 Å². The zero-order valence-corrected chi connectivity index (χ0v) is 10.3. The Morgan fingerprint density at radius 1 is 1.47 bits per heavy atom. The van der Waals surface area contributed by atoms with Gasteiger partial charge in [-0.15, -0.1) is 0 Å². The number of halogens is 3. The fraction of sp³-hybridized carbons (Fsp3) is 0.538. The minimum absolute atomic E-state index is 0.0870. The summed E-state index contributed by atoms with van der Waals surface area (Å²) in [7, 11) is 0. The maximum absolute atomic E-state index is 14.5. The zero-order valence-electron chi connectivity index (χ0n) is 9.56. The van der Waals surface area contributed by atoms with E-state index in [4.69, 9.17) is 17.3 Å². The van der Waals surface area contributed by atoms with Gasteiger partial charge >= 0.3 is 0 Å². The van der Waals surface area contributed by atoms with E-state index in [0.29, 0.717) is 23.4 Å². The number of nitrogens with two attached hydrogens (primary N) is 1. The average Bonchev–Trinajstić information content (AvgIpc) is 2.22. The first-order valence-electron chi connectivity index (χ1n) is 5.87. The second-order valence-corrected chi connectivity index (χ2v) is 5.36. The Morgan fingerprint density at radius 2 is 2.24 bits per heavy atom. The molecule has 1 aromatic rings. The highest BCUT2D eigenvalue weighted by molar-refractivity contribution is 6.30. The van der Waals surface area contributed by atoms with Gasteiger partial charge in [-0.2, -0.15) is 0 Å². The van der Waals surface area contributed by atoms with Crippen LogP contribution in [0.25, 0.3) is 0 Å². The van der Waals surface area contributed by atoms with Crippen molar-refractivity contribution in [2.75, 3.05) is 0 Å². The topological polar surface area (TPSA) is 26.0 Å². The Bertz CT molecular complexity index is 410. The van der Waals surface area contributed by atoms with Crippen LogP contribution < -0.4 is 5.73 Å². The maximum Gasteiger partial charge on any atom is 0.127 e. The Labute approximate surface area is 105 Å². The van der Waals surface area contributed by atoms with Gasteiger partial charge in [0.25, 0.3) is 0 Å². The molecule has 2 N–H and O–H groups in total. The minimum atomic E-state index is -1.37. The first-order valence-corrected chi connectivity index (χ1v) is 6.25. The van der Waals surface area contributed by atoms with Crippen LogP contribution in [0.15, 0.2) is 18.2 Å². The number of alkyl halides is 1. The van der Waals surface area contributed by atoms with E-state index in [0.717, 1.165) is 12.8 Å². The monoisotopic (exact) mass is 259 g/mol. The Balaban J connectivity index is 2.14. The molecule has 0 aromatic heterocycles. The van der Waals surface area contributed by atoms with Gasteiger partial charge in [0.1, 0.15) is 11.5 Å². The van der Waals surface area contributed by atoms with Crippen LogP contribution in [0.4, 0.5) is 8.78 Å². The van der Waals surface area contributed by atoms with Crippen molar-refractivity contribution in [1.82, 2.24) is 0 Å². The molecule has 0 saturated heterocycles. The van der Waals surface area contributed by atoms with E-state index >= 15 is 0 Å². The summed E-state index contributed by atoms with van der Waals surface area (Å²) in [5.41, 5.74) is 4.78. The SMILES string of the molecule is NC1CCCC(F)(Cc2ccc(Cl)cc2F)C1. The summed E-state index contributed by atoms with van der Waals surface area (Å²) in [6.07, 6.45) is 2.49. The smallest absolute Gasteiger partial charge is 0.127 e. The highest BCUT2D eigenvalue weighted by Crippen LogP contribution is 2.35. The van der Waals surface area contributed by atoms with Crippen molar-refractivity contribution in [3.63, 3.8) is 0 Å². The van der Waals surface area contributed by atoms with Crippen molar-refractivity contribution in [3.8, 4) is 0 Å². The molecule has 1 aliphatic rings. The average molecular weight is 260 g/mol. The van der Waals surface area contributed by atoms with Crippen LogP contribution in [0, 0.1) is 5.82 Å². The standard InChI is InChI=1S/C13H16ClF2N/c14-10-4-3-9(12(15)6-10)7-13(16)5-1-2-11(17)8-13/h3-4,6,11H,1-2,5,7-8,17H2. The predicted molar refractivity (Wildman–Crippen MR) is 65.4 cm³/mol. The molecular formula is C13H16ClF2N. The summed E-state index contributed by atoms with van der Waals surface area (Å²) in [5, 5.41) is 0.333. The van der Waals surface area contributed by atoms with Gasteiger partial charge in [0, 0.05) is 17.5 Å². The number of benzene rings is 1. The lowest BCUT2D eigenvalue weighted by Crippen LogP contribution is -2.39. The third-order valence-electron chi connectivity index (χ3n) is 3.35. The summed E-state index contributed by atoms with van der Waals surface area (Å²) in [5.74, 6) is -0.436. The molecule has 1 nitrogen and oxygen atoms in total. The molecular weight excluding hydrogens is 244 g/mol. The van der Waals surface area contributed by atoms with Crippen molar-refractivity contribution >= 4 is 11.6 Å². The maximum atomic E-state index is 14.5. The molecule has 0 bridgehead atoms.